The second-order valence-electron chi connectivity index (χ2n) is 7.84. The van der Waals surface area contributed by atoms with E-state index in [1.807, 2.05) is 18.2 Å². The summed E-state index contributed by atoms with van der Waals surface area (Å²) in [6, 6.07) is 8.82. The van der Waals surface area contributed by atoms with E-state index < -0.39 is 10.8 Å². The zero-order chi connectivity index (χ0) is 21.4. The highest BCUT2D eigenvalue weighted by molar-refractivity contribution is 5.75. The summed E-state index contributed by atoms with van der Waals surface area (Å²) in [5, 5.41) is 11.6. The summed E-state index contributed by atoms with van der Waals surface area (Å²) in [6.45, 7) is 1.64. The fourth-order valence-electron chi connectivity index (χ4n) is 4.31. The number of rotatable bonds is 5. The molecule has 3 aliphatic heterocycles. The molecule has 2 aromatic rings. The number of fused-ring (bicyclic) bond motifs is 2. The maximum atomic E-state index is 12.5. The van der Waals surface area contributed by atoms with Gasteiger partial charge in [-0.25, -0.2) is 0 Å². The van der Waals surface area contributed by atoms with Crippen LogP contribution in [0.5, 0.6) is 17.2 Å². The third-order valence-electron chi connectivity index (χ3n) is 5.87. The molecule has 0 bridgehead atoms. The zero-order valence-corrected chi connectivity index (χ0v) is 16.7. The quantitative estimate of drug-likeness (QED) is 0.407. The monoisotopic (exact) mass is 427 g/mol. The molecule has 0 N–H and O–H groups in total. The lowest BCUT2D eigenvalue weighted by molar-refractivity contribution is -0.385. The van der Waals surface area contributed by atoms with Crippen molar-refractivity contribution >= 4 is 11.7 Å². The summed E-state index contributed by atoms with van der Waals surface area (Å²) in [5.41, 5.74) is 2.23. The Morgan fingerprint density at radius 3 is 2.65 bits per heavy atom. The second kappa shape index (κ2) is 8.07. The average Bonchev–Trinajstić information content (AvgIpc) is 3.12. The predicted molar refractivity (Wildman–Crippen MR) is 106 cm³/mol. The minimum atomic E-state index is -0.415. The number of benzene rings is 2. The first-order valence-electron chi connectivity index (χ1n) is 10.1. The number of cyclic esters (lactones) is 1. The number of nitrogens with zero attached hydrogens (tertiary/aromatic N) is 1. The summed E-state index contributed by atoms with van der Waals surface area (Å²) < 4.78 is 27.2. The van der Waals surface area contributed by atoms with Crippen molar-refractivity contribution in [3.63, 3.8) is 0 Å². The molecule has 5 rings (SSSR count). The predicted octanol–water partition coefficient (Wildman–Crippen LogP) is 2.81. The van der Waals surface area contributed by atoms with Crippen LogP contribution in [0.3, 0.4) is 0 Å². The maximum Gasteiger partial charge on any atom is 0.309 e. The molecular weight excluding hydrogens is 406 g/mol. The number of hydrogen-bond donors (Lipinski definition) is 0. The molecular formula is C22H21NO8. The van der Waals surface area contributed by atoms with Gasteiger partial charge in [-0.1, -0.05) is 6.07 Å². The van der Waals surface area contributed by atoms with E-state index in [1.54, 1.807) is 6.07 Å². The van der Waals surface area contributed by atoms with Crippen LogP contribution in [0.4, 0.5) is 5.69 Å². The Balaban J connectivity index is 1.39. The fraction of sp³-hybridized carbons (Fsp3) is 0.409. The third-order valence-corrected chi connectivity index (χ3v) is 5.87. The summed E-state index contributed by atoms with van der Waals surface area (Å²) in [4.78, 5) is 23.7. The van der Waals surface area contributed by atoms with Crippen LogP contribution < -0.4 is 14.2 Å². The average molecular weight is 427 g/mol. The highest BCUT2D eigenvalue weighted by Gasteiger charge is 2.38. The van der Waals surface area contributed by atoms with Gasteiger partial charge in [0.2, 0.25) is 0 Å². The molecule has 0 saturated carbocycles. The minimum Gasteiger partial charge on any atom is -0.486 e. The SMILES string of the molecule is O=C1OC[C@H](Cc2cc3c(cc2[N+](=O)[O-])OCOC3)[C@H]1Cc1ccc2c(c1)OCCO2. The number of hydrogen-bond acceptors (Lipinski definition) is 8. The van der Waals surface area contributed by atoms with E-state index in [2.05, 4.69) is 0 Å². The third kappa shape index (κ3) is 3.88. The summed E-state index contributed by atoms with van der Waals surface area (Å²) in [5.74, 6) is 0.959. The maximum absolute atomic E-state index is 12.5. The molecule has 31 heavy (non-hydrogen) atoms. The van der Waals surface area contributed by atoms with Crippen molar-refractivity contribution in [2.24, 2.45) is 11.8 Å². The molecule has 3 heterocycles. The van der Waals surface area contributed by atoms with Gasteiger partial charge in [-0.2, -0.15) is 0 Å². The number of ether oxygens (including phenoxy) is 5. The molecule has 9 heteroatoms. The molecule has 162 valence electrons. The Hall–Kier alpha value is -3.33. The first-order chi connectivity index (χ1) is 15.1. The van der Waals surface area contributed by atoms with Crippen molar-refractivity contribution in [1.29, 1.82) is 0 Å². The normalized spacial score (nSPS) is 21.7. The Morgan fingerprint density at radius 2 is 1.81 bits per heavy atom. The Morgan fingerprint density at radius 1 is 0.968 bits per heavy atom. The van der Waals surface area contributed by atoms with Crippen molar-refractivity contribution in [2.75, 3.05) is 26.6 Å². The van der Waals surface area contributed by atoms with Gasteiger partial charge in [0, 0.05) is 17.0 Å². The van der Waals surface area contributed by atoms with E-state index in [4.69, 9.17) is 23.7 Å². The van der Waals surface area contributed by atoms with Crippen molar-refractivity contribution in [3.05, 3.63) is 57.1 Å². The van der Waals surface area contributed by atoms with Crippen LogP contribution in [0.2, 0.25) is 0 Å². The molecule has 0 radical (unpaired) electrons. The Bertz CT molecular complexity index is 1040. The first-order valence-corrected chi connectivity index (χ1v) is 10.1. The zero-order valence-electron chi connectivity index (χ0n) is 16.7. The lowest BCUT2D eigenvalue weighted by Crippen LogP contribution is -2.22. The van der Waals surface area contributed by atoms with Crippen LogP contribution in [-0.2, 0) is 33.7 Å². The van der Waals surface area contributed by atoms with Crippen molar-refractivity contribution in [1.82, 2.24) is 0 Å². The molecule has 9 nitrogen and oxygen atoms in total. The van der Waals surface area contributed by atoms with Gasteiger partial charge in [0.05, 0.1) is 30.1 Å². The van der Waals surface area contributed by atoms with Gasteiger partial charge in [0.25, 0.3) is 5.69 Å². The van der Waals surface area contributed by atoms with Crippen LogP contribution in [0, 0.1) is 22.0 Å². The van der Waals surface area contributed by atoms with E-state index in [9.17, 15) is 14.9 Å². The van der Waals surface area contributed by atoms with Gasteiger partial charge in [-0.05, 0) is 36.6 Å². The lowest BCUT2D eigenvalue weighted by atomic mass is 9.84. The molecule has 0 unspecified atom stereocenters. The fourth-order valence-corrected chi connectivity index (χ4v) is 4.31. The molecule has 0 aromatic heterocycles. The summed E-state index contributed by atoms with van der Waals surface area (Å²) >= 11 is 0. The number of carbonyl (C=O) groups is 1. The molecule has 3 aliphatic rings. The molecule has 0 amide bonds. The lowest BCUT2D eigenvalue weighted by Gasteiger charge is -2.21. The van der Waals surface area contributed by atoms with Gasteiger partial charge in [-0.3, -0.25) is 14.9 Å². The van der Waals surface area contributed by atoms with Crippen LogP contribution in [-0.4, -0.2) is 37.5 Å². The van der Waals surface area contributed by atoms with Crippen LogP contribution >= 0.6 is 0 Å². The number of carbonyl (C=O) groups excluding carboxylic acids is 1. The number of nitro benzene ring substituents is 1. The van der Waals surface area contributed by atoms with E-state index in [0.29, 0.717) is 55.5 Å². The molecule has 1 fully saturated rings. The van der Waals surface area contributed by atoms with Crippen molar-refractivity contribution in [2.45, 2.75) is 19.4 Å². The van der Waals surface area contributed by atoms with E-state index in [0.717, 1.165) is 11.1 Å². The van der Waals surface area contributed by atoms with Gasteiger partial charge in [-0.15, -0.1) is 0 Å². The van der Waals surface area contributed by atoms with E-state index >= 15 is 0 Å². The Kier molecular flexibility index (Phi) is 5.11. The van der Waals surface area contributed by atoms with Gasteiger partial charge in [0.15, 0.2) is 18.3 Å². The van der Waals surface area contributed by atoms with Crippen molar-refractivity contribution < 1.29 is 33.4 Å². The molecule has 0 spiro atoms. The van der Waals surface area contributed by atoms with E-state index in [-0.39, 0.29) is 31.0 Å². The Labute approximate surface area is 178 Å². The van der Waals surface area contributed by atoms with Crippen LogP contribution in [0.15, 0.2) is 30.3 Å². The van der Waals surface area contributed by atoms with Crippen LogP contribution in [0.1, 0.15) is 16.7 Å². The second-order valence-corrected chi connectivity index (χ2v) is 7.84. The number of esters is 1. The topological polar surface area (TPSA) is 106 Å². The van der Waals surface area contributed by atoms with Gasteiger partial charge in [0.1, 0.15) is 19.0 Å². The highest BCUT2D eigenvalue weighted by Crippen LogP contribution is 2.37. The molecule has 2 atom stereocenters. The van der Waals surface area contributed by atoms with Gasteiger partial charge >= 0.3 is 5.97 Å². The summed E-state index contributed by atoms with van der Waals surface area (Å²) in [6.07, 6.45) is 0.815. The molecule has 0 aliphatic carbocycles. The minimum absolute atomic E-state index is 0.0157. The smallest absolute Gasteiger partial charge is 0.309 e. The largest absolute Gasteiger partial charge is 0.486 e. The highest BCUT2D eigenvalue weighted by atomic mass is 16.7. The molecule has 1 saturated heterocycles. The standard InChI is InChI=1S/C22H21NO8/c24-22-17(5-13-1-2-19-21(6-13)29-4-3-28-19)15(11-30-22)7-14-8-16-10-27-12-31-20(16)9-18(14)23(25)26/h1-2,6,8-9,15,17H,3-5,7,10-12H2/t15-,17+/m0/s1. The van der Waals surface area contributed by atoms with E-state index in [1.165, 1.54) is 6.07 Å². The summed E-state index contributed by atoms with van der Waals surface area (Å²) in [7, 11) is 0. The molecule has 2 aromatic carbocycles. The first kappa shape index (κ1) is 19.6. The van der Waals surface area contributed by atoms with Crippen molar-refractivity contribution in [3.8, 4) is 17.2 Å². The van der Waals surface area contributed by atoms with Gasteiger partial charge < -0.3 is 23.7 Å². The number of nitro groups is 1. The van der Waals surface area contributed by atoms with Crippen LogP contribution in [0.25, 0.3) is 0 Å².